The number of amides is 1. The number of sulfonamides is 1. The van der Waals surface area contributed by atoms with Crippen LogP contribution in [0.5, 0.6) is 0 Å². The Morgan fingerprint density at radius 3 is 2.52 bits per heavy atom. The van der Waals surface area contributed by atoms with E-state index in [1.165, 1.54) is 22.7 Å². The van der Waals surface area contributed by atoms with Crippen LogP contribution < -0.4 is 9.62 Å². The highest BCUT2D eigenvalue weighted by Gasteiger charge is 2.37. The Bertz CT molecular complexity index is 985. The molecule has 0 spiro atoms. The van der Waals surface area contributed by atoms with Crippen LogP contribution >= 0.6 is 0 Å². The summed E-state index contributed by atoms with van der Waals surface area (Å²) < 4.78 is 38.3. The predicted octanol–water partition coefficient (Wildman–Crippen LogP) is 3.28. The molecule has 27 heavy (non-hydrogen) atoms. The zero-order valence-corrected chi connectivity index (χ0v) is 15.8. The van der Waals surface area contributed by atoms with Crippen LogP contribution in [-0.4, -0.2) is 27.1 Å². The molecule has 1 saturated carbocycles. The van der Waals surface area contributed by atoms with E-state index < -0.39 is 10.0 Å². The molecular formula is C20H21FN2O3S. The normalized spacial score (nSPS) is 17.5. The molecule has 7 heteroatoms. The average Bonchev–Trinajstić information content (AvgIpc) is 3.33. The Balaban J connectivity index is 1.55. The van der Waals surface area contributed by atoms with Crippen molar-refractivity contribution in [3.63, 3.8) is 0 Å². The number of benzene rings is 2. The molecule has 2 aromatic rings. The first kappa shape index (κ1) is 18.0. The van der Waals surface area contributed by atoms with E-state index in [-0.39, 0.29) is 23.6 Å². The van der Waals surface area contributed by atoms with Crippen molar-refractivity contribution in [3.8, 4) is 0 Å². The number of nitrogens with one attached hydrogen (secondary N) is 1. The van der Waals surface area contributed by atoms with Crippen molar-refractivity contribution >= 4 is 27.3 Å². The Morgan fingerprint density at radius 2 is 1.89 bits per heavy atom. The molecule has 0 saturated heterocycles. The minimum atomic E-state index is -3.29. The topological polar surface area (TPSA) is 66.5 Å². The molecule has 1 fully saturated rings. The van der Waals surface area contributed by atoms with Crippen molar-refractivity contribution in [2.75, 3.05) is 22.4 Å². The van der Waals surface area contributed by atoms with Crippen molar-refractivity contribution in [3.05, 3.63) is 59.4 Å². The van der Waals surface area contributed by atoms with Crippen LogP contribution in [0, 0.1) is 11.7 Å². The quantitative estimate of drug-likeness (QED) is 0.855. The third-order valence-corrected chi connectivity index (χ3v) is 6.39. The summed E-state index contributed by atoms with van der Waals surface area (Å²) >= 11 is 0. The summed E-state index contributed by atoms with van der Waals surface area (Å²) in [6.07, 6.45) is 3.79. The lowest BCUT2D eigenvalue weighted by Gasteiger charge is -2.18. The maximum absolute atomic E-state index is 13.2. The molecule has 1 unspecified atom stereocenters. The fourth-order valence-corrected chi connectivity index (χ4v) is 4.71. The van der Waals surface area contributed by atoms with Crippen LogP contribution in [0.3, 0.4) is 0 Å². The molecule has 0 radical (unpaired) electrons. The first-order valence-corrected chi connectivity index (χ1v) is 10.8. The molecule has 1 amide bonds. The minimum absolute atomic E-state index is 0.109. The van der Waals surface area contributed by atoms with Gasteiger partial charge in [0.2, 0.25) is 15.9 Å². The zero-order valence-electron chi connectivity index (χ0n) is 15.0. The van der Waals surface area contributed by atoms with Crippen molar-refractivity contribution in [1.82, 2.24) is 0 Å². The van der Waals surface area contributed by atoms with Gasteiger partial charge in [-0.3, -0.25) is 9.10 Å². The number of rotatable bonds is 5. The van der Waals surface area contributed by atoms with E-state index in [2.05, 4.69) is 5.32 Å². The number of halogens is 1. The number of anilines is 2. The highest BCUT2D eigenvalue weighted by Crippen LogP contribution is 2.43. The summed E-state index contributed by atoms with van der Waals surface area (Å²) in [5, 5.41) is 2.96. The lowest BCUT2D eigenvalue weighted by molar-refractivity contribution is -0.118. The molecule has 1 atom stereocenters. The summed E-state index contributed by atoms with van der Waals surface area (Å²) in [5.41, 5.74) is 3.05. The summed E-state index contributed by atoms with van der Waals surface area (Å²) in [7, 11) is -3.29. The lowest BCUT2D eigenvalue weighted by atomic mass is 9.93. The van der Waals surface area contributed by atoms with Crippen molar-refractivity contribution in [2.45, 2.75) is 25.2 Å². The van der Waals surface area contributed by atoms with Crippen LogP contribution in [-0.2, 0) is 21.2 Å². The fraction of sp³-hybridized carbons (Fsp3) is 0.350. The van der Waals surface area contributed by atoms with Gasteiger partial charge in [-0.2, -0.15) is 0 Å². The molecule has 0 bridgehead atoms. The van der Waals surface area contributed by atoms with Crippen LogP contribution in [0.25, 0.3) is 0 Å². The number of nitrogens with zero attached hydrogens (tertiary/aromatic N) is 1. The number of hydrogen-bond donors (Lipinski definition) is 1. The van der Waals surface area contributed by atoms with Gasteiger partial charge in [0.1, 0.15) is 5.82 Å². The number of carbonyl (C=O) groups is 1. The van der Waals surface area contributed by atoms with Gasteiger partial charge in [-0.05, 0) is 66.6 Å². The van der Waals surface area contributed by atoms with Gasteiger partial charge in [0, 0.05) is 12.2 Å². The molecule has 1 heterocycles. The second-order valence-corrected chi connectivity index (χ2v) is 9.19. The van der Waals surface area contributed by atoms with E-state index in [4.69, 9.17) is 0 Å². The summed E-state index contributed by atoms with van der Waals surface area (Å²) in [6, 6.07) is 11.4. The van der Waals surface area contributed by atoms with Crippen LogP contribution in [0.15, 0.2) is 42.5 Å². The smallest absolute Gasteiger partial charge is 0.232 e. The second kappa shape index (κ2) is 6.64. The van der Waals surface area contributed by atoms with E-state index in [1.807, 2.05) is 6.07 Å². The first-order chi connectivity index (χ1) is 12.8. The number of fused-ring (bicyclic) bond motifs is 1. The monoisotopic (exact) mass is 388 g/mol. The van der Waals surface area contributed by atoms with E-state index in [9.17, 15) is 17.6 Å². The lowest BCUT2D eigenvalue weighted by Crippen LogP contribution is -2.27. The molecule has 0 aromatic heterocycles. The molecule has 1 N–H and O–H groups in total. The largest absolute Gasteiger partial charge is 0.326 e. The van der Waals surface area contributed by atoms with Gasteiger partial charge in [0.25, 0.3) is 0 Å². The number of hydrogen-bond acceptors (Lipinski definition) is 3. The molecule has 5 nitrogen and oxygen atoms in total. The first-order valence-electron chi connectivity index (χ1n) is 9.00. The molecule has 1 aliphatic carbocycles. The van der Waals surface area contributed by atoms with Crippen molar-refractivity contribution in [1.29, 1.82) is 0 Å². The highest BCUT2D eigenvalue weighted by molar-refractivity contribution is 7.92. The average molecular weight is 388 g/mol. The van der Waals surface area contributed by atoms with E-state index in [0.717, 1.165) is 24.0 Å². The Labute approximate surface area is 158 Å². The van der Waals surface area contributed by atoms with E-state index in [0.29, 0.717) is 24.3 Å². The van der Waals surface area contributed by atoms with Gasteiger partial charge in [-0.15, -0.1) is 0 Å². The van der Waals surface area contributed by atoms with Gasteiger partial charge in [0.15, 0.2) is 0 Å². The van der Waals surface area contributed by atoms with Gasteiger partial charge in [0.05, 0.1) is 17.9 Å². The molecular weight excluding hydrogens is 367 g/mol. The Kier molecular flexibility index (Phi) is 4.42. The SMILES string of the molecule is CS(=O)(=O)N1CCc2cc(NC(=O)C(c3ccc(F)cc3)C3CC3)ccc21. The summed E-state index contributed by atoms with van der Waals surface area (Å²) in [5.74, 6) is -0.443. The van der Waals surface area contributed by atoms with Gasteiger partial charge in [-0.25, -0.2) is 12.8 Å². The Morgan fingerprint density at radius 1 is 1.19 bits per heavy atom. The van der Waals surface area contributed by atoms with Crippen LogP contribution in [0.2, 0.25) is 0 Å². The van der Waals surface area contributed by atoms with Gasteiger partial charge < -0.3 is 5.32 Å². The molecule has 2 aromatic carbocycles. The molecule has 142 valence electrons. The molecule has 2 aliphatic rings. The van der Waals surface area contributed by atoms with Crippen LogP contribution in [0.4, 0.5) is 15.8 Å². The van der Waals surface area contributed by atoms with Gasteiger partial charge >= 0.3 is 0 Å². The predicted molar refractivity (Wildman–Crippen MR) is 103 cm³/mol. The van der Waals surface area contributed by atoms with Crippen molar-refractivity contribution < 1.29 is 17.6 Å². The van der Waals surface area contributed by atoms with E-state index >= 15 is 0 Å². The minimum Gasteiger partial charge on any atom is -0.326 e. The molecule has 1 aliphatic heterocycles. The summed E-state index contributed by atoms with van der Waals surface area (Å²) in [4.78, 5) is 12.9. The highest BCUT2D eigenvalue weighted by atomic mass is 32.2. The van der Waals surface area contributed by atoms with E-state index in [1.54, 1.807) is 24.3 Å². The zero-order chi connectivity index (χ0) is 19.2. The third kappa shape index (κ3) is 3.69. The van der Waals surface area contributed by atoms with Gasteiger partial charge in [-0.1, -0.05) is 12.1 Å². The van der Waals surface area contributed by atoms with Crippen molar-refractivity contribution in [2.24, 2.45) is 5.92 Å². The Hall–Kier alpha value is -2.41. The van der Waals surface area contributed by atoms with Crippen LogP contribution in [0.1, 0.15) is 29.9 Å². The maximum Gasteiger partial charge on any atom is 0.232 e. The maximum atomic E-state index is 13.2. The third-order valence-electron chi connectivity index (χ3n) is 5.21. The summed E-state index contributed by atoms with van der Waals surface area (Å²) in [6.45, 7) is 0.422. The standard InChI is InChI=1S/C20H21FN2O3S/c1-27(25,26)23-11-10-15-12-17(8-9-18(15)23)22-20(24)19(13-2-3-13)14-4-6-16(21)7-5-14/h4-9,12-13,19H,2-3,10-11H2,1H3,(H,22,24). The molecule has 4 rings (SSSR count). The second-order valence-electron chi connectivity index (χ2n) is 7.28. The number of carbonyl (C=O) groups excluding carboxylic acids is 1. The fourth-order valence-electron chi connectivity index (χ4n) is 3.75.